The number of carbonyl (C=O) groups excluding carboxylic acids is 1. The molecule has 4 rings (SSSR count). The molecule has 5 heteroatoms. The van der Waals surface area contributed by atoms with Crippen molar-refractivity contribution in [3.05, 3.63) is 65.5 Å². The first-order chi connectivity index (χ1) is 12.2. The smallest absolute Gasteiger partial charge is 0.245 e. The van der Waals surface area contributed by atoms with Crippen LogP contribution in [-0.2, 0) is 11.2 Å². The number of rotatable bonds is 4. The molecule has 0 aliphatic carbocycles. The van der Waals surface area contributed by atoms with Crippen LogP contribution in [-0.4, -0.2) is 23.5 Å². The fraction of sp³-hybridized carbons (Fsp3) is 0.200. The average Bonchev–Trinajstić information content (AvgIpc) is 3.21. The largest absolute Gasteiger partial charge is 0.359 e. The Balaban J connectivity index is 1.44. The van der Waals surface area contributed by atoms with E-state index >= 15 is 0 Å². The number of carbonyl (C=O) groups is 1. The Kier molecular flexibility index (Phi) is 4.24. The van der Waals surface area contributed by atoms with Gasteiger partial charge in [0.1, 0.15) is 0 Å². The minimum atomic E-state index is -0.0301. The van der Waals surface area contributed by atoms with E-state index in [-0.39, 0.29) is 5.91 Å². The van der Waals surface area contributed by atoms with Gasteiger partial charge in [0.05, 0.1) is 12.2 Å². The number of nitrogens with zero attached hydrogens (tertiary/aromatic N) is 2. The van der Waals surface area contributed by atoms with Crippen LogP contribution in [0.2, 0.25) is 0 Å². The number of fused-ring (bicyclic) bond motifs is 1. The van der Waals surface area contributed by atoms with Gasteiger partial charge in [-0.15, -0.1) is 11.3 Å². The summed E-state index contributed by atoms with van der Waals surface area (Å²) < 4.78 is 0. The second-order valence-corrected chi connectivity index (χ2v) is 7.12. The van der Waals surface area contributed by atoms with Crippen molar-refractivity contribution in [3.8, 4) is 11.3 Å². The zero-order valence-electron chi connectivity index (χ0n) is 14.0. The van der Waals surface area contributed by atoms with Gasteiger partial charge in [0, 0.05) is 22.7 Å². The molecule has 126 valence electrons. The van der Waals surface area contributed by atoms with Crippen molar-refractivity contribution >= 4 is 28.1 Å². The molecule has 4 nitrogen and oxygen atoms in total. The van der Waals surface area contributed by atoms with Crippen molar-refractivity contribution in [2.45, 2.75) is 19.4 Å². The van der Waals surface area contributed by atoms with Crippen molar-refractivity contribution in [2.24, 2.45) is 0 Å². The monoisotopic (exact) mass is 349 g/mol. The van der Waals surface area contributed by atoms with Crippen LogP contribution in [0, 0.1) is 0 Å². The highest BCUT2D eigenvalue weighted by Crippen LogP contribution is 2.31. The molecule has 1 N–H and O–H groups in total. The van der Waals surface area contributed by atoms with E-state index in [1.165, 1.54) is 16.9 Å². The highest BCUT2D eigenvalue weighted by atomic mass is 32.1. The van der Waals surface area contributed by atoms with E-state index < -0.39 is 0 Å². The molecule has 2 heterocycles. The summed E-state index contributed by atoms with van der Waals surface area (Å²) in [6.45, 7) is 2.50. The highest BCUT2D eigenvalue weighted by molar-refractivity contribution is 7.14. The van der Waals surface area contributed by atoms with Gasteiger partial charge in [0.25, 0.3) is 0 Å². The highest BCUT2D eigenvalue weighted by Gasteiger charge is 2.27. The lowest BCUT2D eigenvalue weighted by atomic mass is 10.1. The van der Waals surface area contributed by atoms with Crippen molar-refractivity contribution in [1.82, 2.24) is 4.98 Å². The third-order valence-electron chi connectivity index (χ3n) is 4.48. The molecule has 1 atom stereocenters. The molecule has 1 unspecified atom stereocenters. The second-order valence-electron chi connectivity index (χ2n) is 6.26. The molecule has 1 aromatic heterocycles. The van der Waals surface area contributed by atoms with Gasteiger partial charge in [-0.05, 0) is 25.0 Å². The molecule has 0 spiro atoms. The van der Waals surface area contributed by atoms with Crippen molar-refractivity contribution in [2.75, 3.05) is 16.8 Å². The normalized spacial score (nSPS) is 15.9. The average molecular weight is 349 g/mol. The number of hydrogen-bond donors (Lipinski definition) is 1. The van der Waals surface area contributed by atoms with Gasteiger partial charge < -0.3 is 10.2 Å². The topological polar surface area (TPSA) is 45.2 Å². The number of para-hydroxylation sites is 1. The first-order valence-corrected chi connectivity index (χ1v) is 9.24. The van der Waals surface area contributed by atoms with Crippen LogP contribution in [0.4, 0.5) is 10.8 Å². The molecule has 25 heavy (non-hydrogen) atoms. The summed E-state index contributed by atoms with van der Waals surface area (Å²) in [4.78, 5) is 19.2. The van der Waals surface area contributed by atoms with Crippen LogP contribution in [0.15, 0.2) is 60.0 Å². The molecular formula is C20H19N3OS. The molecule has 1 aliphatic rings. The molecule has 0 saturated carbocycles. The van der Waals surface area contributed by atoms with E-state index in [1.54, 1.807) is 0 Å². The van der Waals surface area contributed by atoms with Crippen molar-refractivity contribution in [3.63, 3.8) is 0 Å². The molecule has 1 aliphatic heterocycles. The van der Waals surface area contributed by atoms with E-state index in [2.05, 4.69) is 40.3 Å². The first kappa shape index (κ1) is 15.8. The second kappa shape index (κ2) is 6.69. The third kappa shape index (κ3) is 3.28. The molecule has 0 bridgehead atoms. The Labute approximate surface area is 151 Å². The lowest BCUT2D eigenvalue weighted by molar-refractivity contribution is -0.115. The Morgan fingerprint density at radius 3 is 2.80 bits per heavy atom. The van der Waals surface area contributed by atoms with Crippen molar-refractivity contribution in [1.29, 1.82) is 0 Å². The van der Waals surface area contributed by atoms with Crippen LogP contribution in [0.25, 0.3) is 11.3 Å². The quantitative estimate of drug-likeness (QED) is 0.768. The van der Waals surface area contributed by atoms with Crippen molar-refractivity contribution < 1.29 is 4.79 Å². The van der Waals surface area contributed by atoms with Gasteiger partial charge in [-0.25, -0.2) is 4.98 Å². The standard InChI is InChI=1S/C20H19N3OS/c1-14-11-16-9-5-6-10-18(16)23(14)12-19(24)22-20-21-17(13-25-20)15-7-3-2-4-8-15/h2-10,13-14H,11-12H2,1H3,(H,21,22,24). The molecule has 0 fully saturated rings. The molecule has 1 amide bonds. The molecule has 3 aromatic rings. The number of aromatic nitrogens is 1. The number of benzene rings is 2. The van der Waals surface area contributed by atoms with Gasteiger partial charge in [-0.2, -0.15) is 0 Å². The fourth-order valence-corrected chi connectivity index (χ4v) is 3.99. The summed E-state index contributed by atoms with van der Waals surface area (Å²) in [5.41, 5.74) is 4.42. The summed E-state index contributed by atoms with van der Waals surface area (Å²) >= 11 is 1.46. The summed E-state index contributed by atoms with van der Waals surface area (Å²) in [5, 5.41) is 5.55. The summed E-state index contributed by atoms with van der Waals surface area (Å²) in [6.07, 6.45) is 0.985. The maximum atomic E-state index is 12.5. The molecular weight excluding hydrogens is 330 g/mol. The lowest BCUT2D eigenvalue weighted by Gasteiger charge is -2.23. The van der Waals surface area contributed by atoms with Gasteiger partial charge in [-0.1, -0.05) is 48.5 Å². The Morgan fingerprint density at radius 1 is 1.20 bits per heavy atom. The number of thiazole rings is 1. The van der Waals surface area contributed by atoms with E-state index in [1.807, 2.05) is 41.8 Å². The predicted molar refractivity (Wildman–Crippen MR) is 103 cm³/mol. The SMILES string of the molecule is CC1Cc2ccccc2N1CC(=O)Nc1nc(-c2ccccc2)cs1. The van der Waals surface area contributed by atoms with Crippen LogP contribution < -0.4 is 10.2 Å². The Hall–Kier alpha value is -2.66. The third-order valence-corrected chi connectivity index (χ3v) is 5.24. The van der Waals surface area contributed by atoms with Crippen LogP contribution in [0.5, 0.6) is 0 Å². The zero-order valence-corrected chi connectivity index (χ0v) is 14.8. The lowest BCUT2D eigenvalue weighted by Crippen LogP contribution is -2.37. The zero-order chi connectivity index (χ0) is 17.2. The van der Waals surface area contributed by atoms with Gasteiger partial charge in [0.15, 0.2) is 5.13 Å². The maximum Gasteiger partial charge on any atom is 0.245 e. The van der Waals surface area contributed by atoms with Crippen LogP contribution >= 0.6 is 11.3 Å². The molecule has 2 aromatic carbocycles. The maximum absolute atomic E-state index is 12.5. The molecule has 0 radical (unpaired) electrons. The summed E-state index contributed by atoms with van der Waals surface area (Å²) in [7, 11) is 0. The Bertz CT molecular complexity index is 891. The van der Waals surface area contributed by atoms with Gasteiger partial charge >= 0.3 is 0 Å². The summed E-state index contributed by atoms with van der Waals surface area (Å²) in [6, 6.07) is 18.6. The van der Waals surface area contributed by atoms with Crippen LogP contribution in [0.1, 0.15) is 12.5 Å². The van der Waals surface area contributed by atoms with Gasteiger partial charge in [-0.3, -0.25) is 4.79 Å². The van der Waals surface area contributed by atoms with E-state index in [9.17, 15) is 4.79 Å². The number of anilines is 2. The minimum Gasteiger partial charge on any atom is -0.359 e. The van der Waals surface area contributed by atoms with Crippen LogP contribution in [0.3, 0.4) is 0 Å². The van der Waals surface area contributed by atoms with E-state index in [4.69, 9.17) is 0 Å². The minimum absolute atomic E-state index is 0.0301. The van der Waals surface area contributed by atoms with Gasteiger partial charge in [0.2, 0.25) is 5.91 Å². The summed E-state index contributed by atoms with van der Waals surface area (Å²) in [5.74, 6) is -0.0301. The predicted octanol–water partition coefficient (Wildman–Crippen LogP) is 4.20. The molecule has 0 saturated heterocycles. The van der Waals surface area contributed by atoms with E-state index in [0.717, 1.165) is 23.4 Å². The van der Waals surface area contributed by atoms with E-state index in [0.29, 0.717) is 17.7 Å². The fourth-order valence-electron chi connectivity index (χ4n) is 3.26. The number of amides is 1. The number of hydrogen-bond acceptors (Lipinski definition) is 4. The Morgan fingerprint density at radius 2 is 1.96 bits per heavy atom. The first-order valence-electron chi connectivity index (χ1n) is 8.36. The number of nitrogens with one attached hydrogen (secondary N) is 1.